The molecule has 0 saturated carbocycles. The molecule has 1 aromatic heterocycles. The van der Waals surface area contributed by atoms with Gasteiger partial charge in [-0.25, -0.2) is 0 Å². The molecule has 3 heteroatoms. The van der Waals surface area contributed by atoms with E-state index in [0.29, 0.717) is 17.1 Å². The van der Waals surface area contributed by atoms with Gasteiger partial charge in [-0.15, -0.1) is 0 Å². The van der Waals surface area contributed by atoms with E-state index in [4.69, 9.17) is 11.6 Å². The third-order valence-corrected chi connectivity index (χ3v) is 3.55. The van der Waals surface area contributed by atoms with Crippen molar-refractivity contribution in [1.82, 2.24) is 4.98 Å². The van der Waals surface area contributed by atoms with Crippen LogP contribution in [-0.2, 0) is 5.60 Å². The SMILES string of the molecule is CCCCC(O)(c1ccc(Cl)cc1)c1ccccn1. The van der Waals surface area contributed by atoms with E-state index in [9.17, 15) is 5.11 Å². The summed E-state index contributed by atoms with van der Waals surface area (Å²) in [4.78, 5) is 4.32. The first-order chi connectivity index (χ1) is 9.16. The minimum atomic E-state index is -1.04. The van der Waals surface area contributed by atoms with Crippen molar-refractivity contribution in [2.45, 2.75) is 31.8 Å². The number of benzene rings is 1. The molecule has 1 heterocycles. The van der Waals surface area contributed by atoms with Gasteiger partial charge in [0.15, 0.2) is 0 Å². The Balaban J connectivity index is 2.42. The Morgan fingerprint density at radius 1 is 1.16 bits per heavy atom. The monoisotopic (exact) mass is 275 g/mol. The van der Waals surface area contributed by atoms with Gasteiger partial charge in [-0.2, -0.15) is 0 Å². The molecule has 1 atom stereocenters. The number of hydrogen-bond acceptors (Lipinski definition) is 2. The molecule has 1 N–H and O–H groups in total. The number of halogens is 1. The largest absolute Gasteiger partial charge is 0.379 e. The van der Waals surface area contributed by atoms with Gasteiger partial charge in [0.05, 0.1) is 5.69 Å². The molecular weight excluding hydrogens is 258 g/mol. The summed E-state index contributed by atoms with van der Waals surface area (Å²) < 4.78 is 0. The molecule has 0 amide bonds. The number of pyridine rings is 1. The zero-order valence-corrected chi connectivity index (χ0v) is 11.8. The van der Waals surface area contributed by atoms with Crippen LogP contribution in [0, 0.1) is 0 Å². The lowest BCUT2D eigenvalue weighted by atomic mass is 9.85. The van der Waals surface area contributed by atoms with Crippen molar-refractivity contribution in [2.75, 3.05) is 0 Å². The smallest absolute Gasteiger partial charge is 0.131 e. The van der Waals surface area contributed by atoms with E-state index in [-0.39, 0.29) is 0 Å². The Hall–Kier alpha value is -1.38. The predicted octanol–water partition coefficient (Wildman–Crippen LogP) is 4.16. The molecule has 19 heavy (non-hydrogen) atoms. The minimum Gasteiger partial charge on any atom is -0.379 e. The van der Waals surface area contributed by atoms with Crippen LogP contribution in [0.1, 0.15) is 37.4 Å². The summed E-state index contributed by atoms with van der Waals surface area (Å²) >= 11 is 5.91. The van der Waals surface area contributed by atoms with Gasteiger partial charge < -0.3 is 5.11 Å². The van der Waals surface area contributed by atoms with Crippen LogP contribution in [0.15, 0.2) is 48.7 Å². The van der Waals surface area contributed by atoms with Crippen molar-refractivity contribution in [3.8, 4) is 0 Å². The van der Waals surface area contributed by atoms with Gasteiger partial charge in [0.1, 0.15) is 5.60 Å². The lowest BCUT2D eigenvalue weighted by molar-refractivity contribution is 0.0640. The summed E-state index contributed by atoms with van der Waals surface area (Å²) in [5.74, 6) is 0. The Morgan fingerprint density at radius 2 is 1.89 bits per heavy atom. The fraction of sp³-hybridized carbons (Fsp3) is 0.312. The molecule has 0 bridgehead atoms. The van der Waals surface area contributed by atoms with E-state index >= 15 is 0 Å². The van der Waals surface area contributed by atoms with Crippen LogP contribution in [-0.4, -0.2) is 10.1 Å². The Bertz CT molecular complexity index is 512. The number of hydrogen-bond donors (Lipinski definition) is 1. The summed E-state index contributed by atoms with van der Waals surface area (Å²) in [6.45, 7) is 2.11. The van der Waals surface area contributed by atoms with Crippen LogP contribution in [0.2, 0.25) is 5.02 Å². The van der Waals surface area contributed by atoms with Crippen LogP contribution in [0.25, 0.3) is 0 Å². The second kappa shape index (κ2) is 6.18. The van der Waals surface area contributed by atoms with Gasteiger partial charge >= 0.3 is 0 Å². The van der Waals surface area contributed by atoms with Crippen LogP contribution in [0.4, 0.5) is 0 Å². The highest BCUT2D eigenvalue weighted by Crippen LogP contribution is 2.33. The maximum absolute atomic E-state index is 11.1. The highest BCUT2D eigenvalue weighted by Gasteiger charge is 2.32. The maximum atomic E-state index is 11.1. The standard InChI is InChI=1S/C16H18ClNO/c1-2-3-11-16(19,15-6-4-5-12-18-15)13-7-9-14(17)10-8-13/h4-10,12,19H,2-3,11H2,1H3. The number of rotatable bonds is 5. The number of aliphatic hydroxyl groups is 1. The van der Waals surface area contributed by atoms with Crippen LogP contribution >= 0.6 is 11.6 Å². The third-order valence-electron chi connectivity index (χ3n) is 3.30. The molecule has 100 valence electrons. The fourth-order valence-electron chi connectivity index (χ4n) is 2.19. The Kier molecular flexibility index (Phi) is 4.56. The fourth-order valence-corrected chi connectivity index (χ4v) is 2.31. The lowest BCUT2D eigenvalue weighted by Gasteiger charge is -2.28. The molecular formula is C16H18ClNO. The van der Waals surface area contributed by atoms with Crippen molar-refractivity contribution in [1.29, 1.82) is 0 Å². The van der Waals surface area contributed by atoms with Gasteiger partial charge in [0, 0.05) is 11.2 Å². The first kappa shape index (κ1) is 14.0. The van der Waals surface area contributed by atoms with Crippen LogP contribution in [0.5, 0.6) is 0 Å². The molecule has 2 rings (SSSR count). The average molecular weight is 276 g/mol. The van der Waals surface area contributed by atoms with E-state index in [0.717, 1.165) is 18.4 Å². The highest BCUT2D eigenvalue weighted by atomic mass is 35.5. The zero-order chi connectivity index (χ0) is 13.7. The second-order valence-corrected chi connectivity index (χ2v) is 5.12. The van der Waals surface area contributed by atoms with Crippen molar-refractivity contribution in [3.05, 3.63) is 64.9 Å². The maximum Gasteiger partial charge on any atom is 0.131 e. The molecule has 0 aliphatic carbocycles. The molecule has 0 spiro atoms. The summed E-state index contributed by atoms with van der Waals surface area (Å²) in [5, 5.41) is 11.7. The van der Waals surface area contributed by atoms with Gasteiger partial charge in [-0.1, -0.05) is 49.6 Å². The van der Waals surface area contributed by atoms with E-state index in [1.165, 1.54) is 0 Å². The third kappa shape index (κ3) is 3.14. The summed E-state index contributed by atoms with van der Waals surface area (Å²) in [6.07, 6.45) is 4.34. The van der Waals surface area contributed by atoms with Crippen molar-refractivity contribution < 1.29 is 5.11 Å². The van der Waals surface area contributed by atoms with Crippen molar-refractivity contribution >= 4 is 11.6 Å². The molecule has 1 unspecified atom stereocenters. The lowest BCUT2D eigenvalue weighted by Crippen LogP contribution is -2.28. The highest BCUT2D eigenvalue weighted by molar-refractivity contribution is 6.30. The van der Waals surface area contributed by atoms with Crippen LogP contribution in [0.3, 0.4) is 0 Å². The minimum absolute atomic E-state index is 0.655. The number of unbranched alkanes of at least 4 members (excludes halogenated alkanes) is 1. The Morgan fingerprint density at radius 3 is 2.47 bits per heavy atom. The molecule has 0 saturated heterocycles. The van der Waals surface area contributed by atoms with E-state index in [1.54, 1.807) is 18.3 Å². The van der Waals surface area contributed by atoms with Crippen molar-refractivity contribution in [2.24, 2.45) is 0 Å². The van der Waals surface area contributed by atoms with Crippen LogP contribution < -0.4 is 0 Å². The normalized spacial score (nSPS) is 14.1. The quantitative estimate of drug-likeness (QED) is 0.889. The average Bonchev–Trinajstić information content (AvgIpc) is 2.46. The predicted molar refractivity (Wildman–Crippen MR) is 78.2 cm³/mol. The summed E-state index contributed by atoms with van der Waals surface area (Å²) in [6, 6.07) is 13.0. The van der Waals surface area contributed by atoms with E-state index in [1.807, 2.05) is 30.3 Å². The first-order valence-corrected chi connectivity index (χ1v) is 6.94. The molecule has 0 radical (unpaired) electrons. The first-order valence-electron chi connectivity index (χ1n) is 6.57. The van der Waals surface area contributed by atoms with E-state index in [2.05, 4.69) is 11.9 Å². The van der Waals surface area contributed by atoms with Crippen molar-refractivity contribution in [3.63, 3.8) is 0 Å². The van der Waals surface area contributed by atoms with Gasteiger partial charge in [0.2, 0.25) is 0 Å². The summed E-state index contributed by atoms with van der Waals surface area (Å²) in [7, 11) is 0. The van der Waals surface area contributed by atoms with Gasteiger partial charge in [-0.05, 0) is 36.2 Å². The molecule has 0 fully saturated rings. The van der Waals surface area contributed by atoms with Gasteiger partial charge in [0.25, 0.3) is 0 Å². The molecule has 0 aliphatic heterocycles. The van der Waals surface area contributed by atoms with E-state index < -0.39 is 5.60 Å². The van der Waals surface area contributed by atoms with Gasteiger partial charge in [-0.3, -0.25) is 4.98 Å². The number of nitrogens with zero attached hydrogens (tertiary/aromatic N) is 1. The Labute approximate surface area is 119 Å². The molecule has 1 aromatic carbocycles. The number of aromatic nitrogens is 1. The molecule has 2 aromatic rings. The summed E-state index contributed by atoms with van der Waals surface area (Å²) in [5.41, 5.74) is 0.483. The second-order valence-electron chi connectivity index (χ2n) is 4.69. The topological polar surface area (TPSA) is 33.1 Å². The molecule has 2 nitrogen and oxygen atoms in total. The molecule has 0 aliphatic rings. The zero-order valence-electron chi connectivity index (χ0n) is 11.0.